The molecule has 1 aromatic heterocycles. The molecule has 2 bridgehead atoms. The molecule has 0 radical (unpaired) electrons. The highest BCUT2D eigenvalue weighted by molar-refractivity contribution is 7.11. The molecule has 0 aliphatic heterocycles. The second-order valence-electron chi connectivity index (χ2n) is 5.77. The summed E-state index contributed by atoms with van der Waals surface area (Å²) in [5.41, 5.74) is 0. The van der Waals surface area contributed by atoms with Crippen LogP contribution in [0.25, 0.3) is 0 Å². The molecule has 2 aliphatic rings. The minimum Gasteiger partial charge on any atom is -0.317 e. The Hall–Kier alpha value is -0.480. The van der Waals surface area contributed by atoms with Gasteiger partial charge in [-0.3, -0.25) is 0 Å². The highest BCUT2D eigenvalue weighted by atomic mass is 32.1. The van der Waals surface area contributed by atoms with Gasteiger partial charge in [-0.25, -0.2) is 0 Å². The lowest BCUT2D eigenvalue weighted by atomic mass is 9.89. The molecule has 18 heavy (non-hydrogen) atoms. The molecule has 2 saturated carbocycles. The van der Waals surface area contributed by atoms with Crippen LogP contribution in [0.4, 0.5) is 0 Å². The Morgan fingerprint density at radius 3 is 2.94 bits per heavy atom. The van der Waals surface area contributed by atoms with Crippen molar-refractivity contribution in [3.63, 3.8) is 0 Å². The molecule has 1 aromatic rings. The molecule has 4 heteroatoms. The van der Waals surface area contributed by atoms with E-state index in [9.17, 15) is 0 Å². The van der Waals surface area contributed by atoms with Gasteiger partial charge in [-0.15, -0.1) is 21.5 Å². The summed E-state index contributed by atoms with van der Waals surface area (Å²) >= 11 is 1.88. The topological polar surface area (TPSA) is 37.8 Å². The van der Waals surface area contributed by atoms with Crippen LogP contribution in [0.2, 0.25) is 0 Å². The second-order valence-corrected chi connectivity index (χ2v) is 6.87. The average molecular weight is 265 g/mol. The van der Waals surface area contributed by atoms with Crippen molar-refractivity contribution < 1.29 is 0 Å². The lowest BCUT2D eigenvalue weighted by molar-refractivity contribution is 0.417. The van der Waals surface area contributed by atoms with Crippen LogP contribution >= 0.6 is 11.3 Å². The number of hydrogen-bond donors (Lipinski definition) is 1. The first-order valence-electron chi connectivity index (χ1n) is 7.39. The van der Waals surface area contributed by atoms with Gasteiger partial charge < -0.3 is 5.32 Å². The van der Waals surface area contributed by atoms with Crippen molar-refractivity contribution in [3.8, 4) is 0 Å². The standard InChI is InChI=1S/C14H23N3S/c1-2-15-7-3-4-13-16-17-14(18-13)12-9-10-5-6-11(12)8-10/h10-12,15H,2-9H2,1H3. The molecule has 100 valence electrons. The summed E-state index contributed by atoms with van der Waals surface area (Å²) < 4.78 is 0. The third kappa shape index (κ3) is 2.59. The quantitative estimate of drug-likeness (QED) is 0.804. The van der Waals surface area contributed by atoms with Crippen LogP contribution in [-0.4, -0.2) is 23.3 Å². The molecular formula is C14H23N3S. The fourth-order valence-corrected chi connectivity index (χ4v) is 4.70. The third-order valence-corrected chi connectivity index (χ3v) is 5.65. The molecule has 3 unspecified atom stereocenters. The Labute approximate surface area is 113 Å². The number of hydrogen-bond acceptors (Lipinski definition) is 4. The lowest BCUT2D eigenvalue weighted by Gasteiger charge is -2.18. The fourth-order valence-electron chi connectivity index (χ4n) is 3.61. The van der Waals surface area contributed by atoms with E-state index in [2.05, 4.69) is 22.4 Å². The minimum atomic E-state index is 0.753. The first kappa shape index (κ1) is 12.5. The van der Waals surface area contributed by atoms with E-state index in [1.54, 1.807) is 0 Å². The van der Waals surface area contributed by atoms with Gasteiger partial charge in [0.1, 0.15) is 10.0 Å². The van der Waals surface area contributed by atoms with Gasteiger partial charge in [0.25, 0.3) is 0 Å². The molecule has 1 N–H and O–H groups in total. The number of aryl methyl sites for hydroxylation is 1. The van der Waals surface area contributed by atoms with E-state index in [1.807, 2.05) is 11.3 Å². The van der Waals surface area contributed by atoms with Gasteiger partial charge in [0.2, 0.25) is 0 Å². The molecule has 3 rings (SSSR count). The van der Waals surface area contributed by atoms with E-state index in [0.717, 1.165) is 37.3 Å². The van der Waals surface area contributed by atoms with E-state index in [1.165, 1.54) is 42.1 Å². The van der Waals surface area contributed by atoms with Gasteiger partial charge in [0.15, 0.2) is 0 Å². The second kappa shape index (κ2) is 5.66. The van der Waals surface area contributed by atoms with Crippen LogP contribution in [0.5, 0.6) is 0 Å². The SMILES string of the molecule is CCNCCCc1nnc(C2CC3CCC2C3)s1. The Morgan fingerprint density at radius 1 is 1.28 bits per heavy atom. The number of nitrogens with one attached hydrogen (secondary N) is 1. The molecule has 2 fully saturated rings. The number of rotatable bonds is 6. The van der Waals surface area contributed by atoms with E-state index in [-0.39, 0.29) is 0 Å². The predicted molar refractivity (Wildman–Crippen MR) is 75.0 cm³/mol. The summed E-state index contributed by atoms with van der Waals surface area (Å²) in [5.74, 6) is 2.68. The Balaban J connectivity index is 1.53. The molecule has 0 amide bonds. The molecule has 2 aliphatic carbocycles. The van der Waals surface area contributed by atoms with Gasteiger partial charge >= 0.3 is 0 Å². The number of fused-ring (bicyclic) bond motifs is 2. The molecule has 0 saturated heterocycles. The van der Waals surface area contributed by atoms with Gasteiger partial charge in [-0.05, 0) is 50.6 Å². The molecule has 3 nitrogen and oxygen atoms in total. The Morgan fingerprint density at radius 2 is 2.22 bits per heavy atom. The summed E-state index contributed by atoms with van der Waals surface area (Å²) in [4.78, 5) is 0. The zero-order chi connectivity index (χ0) is 12.4. The van der Waals surface area contributed by atoms with Crippen molar-refractivity contribution in [1.82, 2.24) is 15.5 Å². The Kier molecular flexibility index (Phi) is 3.94. The summed E-state index contributed by atoms with van der Waals surface area (Å²) in [7, 11) is 0. The minimum absolute atomic E-state index is 0.753. The smallest absolute Gasteiger partial charge is 0.120 e. The average Bonchev–Trinajstić information content (AvgIpc) is 3.09. The van der Waals surface area contributed by atoms with Gasteiger partial charge in [0, 0.05) is 12.3 Å². The summed E-state index contributed by atoms with van der Waals surface area (Å²) in [6.45, 7) is 4.31. The summed E-state index contributed by atoms with van der Waals surface area (Å²) in [6.07, 6.45) is 8.02. The molecule has 1 heterocycles. The molecule has 3 atom stereocenters. The monoisotopic (exact) mass is 265 g/mol. The zero-order valence-corrected chi connectivity index (χ0v) is 12.0. The third-order valence-electron chi connectivity index (χ3n) is 4.53. The first-order valence-corrected chi connectivity index (χ1v) is 8.21. The summed E-state index contributed by atoms with van der Waals surface area (Å²) in [5, 5.41) is 14.8. The highest BCUT2D eigenvalue weighted by Gasteiger charge is 2.41. The van der Waals surface area contributed by atoms with Gasteiger partial charge in [-0.2, -0.15) is 0 Å². The van der Waals surface area contributed by atoms with Crippen LogP contribution < -0.4 is 5.32 Å². The lowest BCUT2D eigenvalue weighted by Crippen LogP contribution is -2.14. The van der Waals surface area contributed by atoms with Crippen LogP contribution in [0.1, 0.15) is 55.0 Å². The van der Waals surface area contributed by atoms with E-state index in [0.29, 0.717) is 0 Å². The van der Waals surface area contributed by atoms with E-state index < -0.39 is 0 Å². The van der Waals surface area contributed by atoms with Crippen molar-refractivity contribution in [2.24, 2.45) is 11.8 Å². The normalized spacial score (nSPS) is 30.2. The van der Waals surface area contributed by atoms with Crippen LogP contribution in [0, 0.1) is 11.8 Å². The van der Waals surface area contributed by atoms with Crippen molar-refractivity contribution in [2.45, 2.75) is 51.4 Å². The van der Waals surface area contributed by atoms with E-state index >= 15 is 0 Å². The Bertz CT molecular complexity index is 390. The molecule has 0 spiro atoms. The van der Waals surface area contributed by atoms with Gasteiger partial charge in [-0.1, -0.05) is 13.3 Å². The molecular weight excluding hydrogens is 242 g/mol. The van der Waals surface area contributed by atoms with Crippen LogP contribution in [-0.2, 0) is 6.42 Å². The van der Waals surface area contributed by atoms with Crippen LogP contribution in [0.15, 0.2) is 0 Å². The first-order chi connectivity index (χ1) is 8.86. The fraction of sp³-hybridized carbons (Fsp3) is 0.857. The molecule has 0 aromatic carbocycles. The largest absolute Gasteiger partial charge is 0.317 e. The van der Waals surface area contributed by atoms with Crippen molar-refractivity contribution in [3.05, 3.63) is 10.0 Å². The van der Waals surface area contributed by atoms with Gasteiger partial charge in [0.05, 0.1) is 0 Å². The highest BCUT2D eigenvalue weighted by Crippen LogP contribution is 2.53. The predicted octanol–water partition coefficient (Wildman–Crippen LogP) is 2.98. The maximum absolute atomic E-state index is 4.46. The van der Waals surface area contributed by atoms with Crippen molar-refractivity contribution in [1.29, 1.82) is 0 Å². The maximum Gasteiger partial charge on any atom is 0.120 e. The zero-order valence-electron chi connectivity index (χ0n) is 11.2. The van der Waals surface area contributed by atoms with Crippen molar-refractivity contribution in [2.75, 3.05) is 13.1 Å². The summed E-state index contributed by atoms with van der Waals surface area (Å²) in [6, 6.07) is 0. The number of nitrogens with zero attached hydrogens (tertiary/aromatic N) is 2. The number of aromatic nitrogens is 2. The van der Waals surface area contributed by atoms with Crippen LogP contribution in [0.3, 0.4) is 0 Å². The van der Waals surface area contributed by atoms with E-state index in [4.69, 9.17) is 0 Å². The van der Waals surface area contributed by atoms with Crippen molar-refractivity contribution >= 4 is 11.3 Å². The maximum atomic E-state index is 4.46.